The average Bonchev–Trinajstić information content (AvgIpc) is 3.09. The van der Waals surface area contributed by atoms with Crippen molar-refractivity contribution < 1.29 is 14.3 Å². The molecule has 1 atom stereocenters. The summed E-state index contributed by atoms with van der Waals surface area (Å²) in [6.45, 7) is 1.70. The second-order valence-electron chi connectivity index (χ2n) is 9.75. The van der Waals surface area contributed by atoms with Crippen LogP contribution in [0, 0.1) is 17.8 Å². The summed E-state index contributed by atoms with van der Waals surface area (Å²) in [6.07, 6.45) is 8.36. The summed E-state index contributed by atoms with van der Waals surface area (Å²) in [7, 11) is 0. The maximum absolute atomic E-state index is 12.8. The third-order valence-electron chi connectivity index (χ3n) is 7.21. The van der Waals surface area contributed by atoms with Gasteiger partial charge >= 0.3 is 5.97 Å². The first kappa shape index (κ1) is 20.0. The van der Waals surface area contributed by atoms with E-state index in [9.17, 15) is 9.59 Å². The number of thiazole rings is 1. The van der Waals surface area contributed by atoms with E-state index in [1.54, 1.807) is 18.3 Å². The normalized spacial score (nSPS) is 30.4. The van der Waals surface area contributed by atoms with Crippen LogP contribution in [-0.2, 0) is 20.7 Å². The number of carbonyl (C=O) groups excluding carboxylic acids is 2. The molecule has 6 heteroatoms. The second kappa shape index (κ2) is 7.95. The summed E-state index contributed by atoms with van der Waals surface area (Å²) in [4.78, 5) is 29.6. The number of benzene rings is 1. The van der Waals surface area contributed by atoms with Crippen molar-refractivity contribution in [3.63, 3.8) is 0 Å². The average molecular weight is 427 g/mol. The standard InChI is InChI=1S/C24H30N2O3S/c1-15(23(28)26-24-12-16-9-17(13-24)11-18(10-16)14-24)29-22(27)8-4-7-21-25-19-5-2-3-6-20(19)30-21/h2-3,5-6,15-18H,4,7-14H2,1H3,(H,26,28)/t15-,16?,17?,18?,24?/m1/s1. The van der Waals surface area contributed by atoms with Crippen molar-refractivity contribution in [3.8, 4) is 0 Å². The highest BCUT2D eigenvalue weighted by Gasteiger charge is 2.51. The molecule has 0 saturated heterocycles. The first-order valence-corrected chi connectivity index (χ1v) is 12.2. The van der Waals surface area contributed by atoms with Crippen LogP contribution in [0.2, 0.25) is 0 Å². The van der Waals surface area contributed by atoms with Gasteiger partial charge in [-0.2, -0.15) is 0 Å². The molecule has 0 aliphatic heterocycles. The smallest absolute Gasteiger partial charge is 0.306 e. The van der Waals surface area contributed by atoms with Crippen LogP contribution >= 0.6 is 11.3 Å². The monoisotopic (exact) mass is 426 g/mol. The molecule has 0 spiro atoms. The van der Waals surface area contributed by atoms with E-state index in [2.05, 4.69) is 16.4 Å². The SMILES string of the molecule is C[C@@H](OC(=O)CCCc1nc2ccccc2s1)C(=O)NC12CC3CC(CC(C3)C1)C2. The van der Waals surface area contributed by atoms with Gasteiger partial charge in [0.05, 0.1) is 15.2 Å². The lowest BCUT2D eigenvalue weighted by Crippen LogP contribution is -2.61. The maximum Gasteiger partial charge on any atom is 0.306 e. The summed E-state index contributed by atoms with van der Waals surface area (Å²) >= 11 is 1.67. The molecular formula is C24H30N2O3S. The van der Waals surface area contributed by atoms with Crippen LogP contribution in [0.3, 0.4) is 0 Å². The number of hydrogen-bond donors (Lipinski definition) is 1. The lowest BCUT2D eigenvalue weighted by Gasteiger charge is -2.57. The molecule has 1 aromatic carbocycles. The van der Waals surface area contributed by atoms with Gasteiger partial charge in [0.2, 0.25) is 0 Å². The Hall–Kier alpha value is -1.95. The molecule has 0 unspecified atom stereocenters. The first-order chi connectivity index (χ1) is 14.5. The van der Waals surface area contributed by atoms with Gasteiger partial charge < -0.3 is 10.1 Å². The van der Waals surface area contributed by atoms with E-state index in [1.165, 1.54) is 24.0 Å². The number of aryl methyl sites for hydroxylation is 1. The van der Waals surface area contributed by atoms with Crippen molar-refractivity contribution in [2.45, 2.75) is 76.4 Å². The van der Waals surface area contributed by atoms with Crippen molar-refractivity contribution in [3.05, 3.63) is 29.3 Å². The Labute approximate surface area is 181 Å². The van der Waals surface area contributed by atoms with E-state index in [4.69, 9.17) is 4.74 Å². The third kappa shape index (κ3) is 4.11. The highest BCUT2D eigenvalue weighted by atomic mass is 32.1. The Morgan fingerprint density at radius 2 is 1.83 bits per heavy atom. The third-order valence-corrected chi connectivity index (χ3v) is 8.31. The number of aromatic nitrogens is 1. The fourth-order valence-corrected chi connectivity index (χ4v) is 7.36. The second-order valence-corrected chi connectivity index (χ2v) is 10.9. The van der Waals surface area contributed by atoms with Crippen LogP contribution in [0.15, 0.2) is 24.3 Å². The van der Waals surface area contributed by atoms with Gasteiger partial charge in [-0.05, 0) is 88.2 Å². The maximum atomic E-state index is 12.8. The Balaban J connectivity index is 1.08. The molecule has 160 valence electrons. The first-order valence-electron chi connectivity index (χ1n) is 11.3. The molecule has 4 aliphatic carbocycles. The zero-order valence-corrected chi connectivity index (χ0v) is 18.4. The van der Waals surface area contributed by atoms with Crippen LogP contribution in [0.1, 0.15) is 63.3 Å². The number of hydrogen-bond acceptors (Lipinski definition) is 5. The largest absolute Gasteiger partial charge is 0.453 e. The molecule has 4 bridgehead atoms. The van der Waals surface area contributed by atoms with Crippen LogP contribution < -0.4 is 5.32 Å². The van der Waals surface area contributed by atoms with Gasteiger partial charge in [-0.15, -0.1) is 11.3 Å². The predicted octanol–water partition coefficient (Wildman–Crippen LogP) is 4.64. The van der Waals surface area contributed by atoms with Gasteiger partial charge in [0.15, 0.2) is 6.10 Å². The van der Waals surface area contributed by atoms with Crippen LogP contribution in [0.5, 0.6) is 0 Å². The number of carbonyl (C=O) groups is 2. The Bertz CT molecular complexity index is 885. The van der Waals surface area contributed by atoms with Crippen LogP contribution in [0.25, 0.3) is 10.2 Å². The number of ether oxygens (including phenoxy) is 1. The van der Waals surface area contributed by atoms with Crippen molar-refractivity contribution >= 4 is 33.4 Å². The van der Waals surface area contributed by atoms with E-state index in [1.807, 2.05) is 18.2 Å². The lowest BCUT2D eigenvalue weighted by atomic mass is 9.53. The highest BCUT2D eigenvalue weighted by Crippen LogP contribution is 2.55. The minimum Gasteiger partial charge on any atom is -0.453 e. The summed E-state index contributed by atoms with van der Waals surface area (Å²) in [5.74, 6) is 1.89. The number of amides is 1. The molecule has 0 radical (unpaired) electrons. The van der Waals surface area contributed by atoms with E-state index in [-0.39, 0.29) is 17.4 Å². The fourth-order valence-electron chi connectivity index (χ4n) is 6.35. The van der Waals surface area contributed by atoms with Crippen molar-refractivity contribution in [2.24, 2.45) is 17.8 Å². The molecule has 1 N–H and O–H groups in total. The number of nitrogens with zero attached hydrogens (tertiary/aromatic N) is 1. The molecule has 1 aromatic heterocycles. The predicted molar refractivity (Wildman–Crippen MR) is 117 cm³/mol. The molecule has 6 rings (SSSR count). The molecule has 4 aliphatic rings. The van der Waals surface area contributed by atoms with Gasteiger partial charge in [0, 0.05) is 12.0 Å². The summed E-state index contributed by atoms with van der Waals surface area (Å²) in [6, 6.07) is 8.07. The van der Waals surface area contributed by atoms with Crippen molar-refractivity contribution in [1.82, 2.24) is 10.3 Å². The van der Waals surface area contributed by atoms with E-state index < -0.39 is 6.10 Å². The topological polar surface area (TPSA) is 68.3 Å². The van der Waals surface area contributed by atoms with E-state index in [0.717, 1.165) is 54.0 Å². The number of fused-ring (bicyclic) bond motifs is 1. The molecule has 1 amide bonds. The molecule has 30 heavy (non-hydrogen) atoms. The Kier molecular flexibility index (Phi) is 5.30. The highest BCUT2D eigenvalue weighted by molar-refractivity contribution is 7.18. The molecule has 4 saturated carbocycles. The minimum absolute atomic E-state index is 0.0423. The van der Waals surface area contributed by atoms with Gasteiger partial charge in [-0.3, -0.25) is 9.59 Å². The molecule has 5 nitrogen and oxygen atoms in total. The molecule has 4 fully saturated rings. The van der Waals surface area contributed by atoms with Gasteiger partial charge in [-0.1, -0.05) is 12.1 Å². The number of para-hydroxylation sites is 1. The van der Waals surface area contributed by atoms with Crippen LogP contribution in [0.4, 0.5) is 0 Å². The molecule has 2 aromatic rings. The zero-order chi connectivity index (χ0) is 20.7. The quantitative estimate of drug-likeness (QED) is 0.655. The van der Waals surface area contributed by atoms with Gasteiger partial charge in [0.25, 0.3) is 5.91 Å². The Morgan fingerprint density at radius 1 is 1.17 bits per heavy atom. The number of nitrogens with one attached hydrogen (secondary N) is 1. The number of esters is 1. The lowest BCUT2D eigenvalue weighted by molar-refractivity contribution is -0.156. The summed E-state index contributed by atoms with van der Waals surface area (Å²) < 4.78 is 6.63. The summed E-state index contributed by atoms with van der Waals surface area (Å²) in [5.41, 5.74) is 0.967. The Morgan fingerprint density at radius 3 is 2.50 bits per heavy atom. The van der Waals surface area contributed by atoms with Crippen LogP contribution in [-0.4, -0.2) is 28.5 Å². The fraction of sp³-hybridized carbons (Fsp3) is 0.625. The number of rotatable bonds is 7. The van der Waals surface area contributed by atoms with E-state index in [0.29, 0.717) is 12.8 Å². The van der Waals surface area contributed by atoms with E-state index >= 15 is 0 Å². The molecular weight excluding hydrogens is 396 g/mol. The van der Waals surface area contributed by atoms with Crippen molar-refractivity contribution in [1.29, 1.82) is 0 Å². The summed E-state index contributed by atoms with van der Waals surface area (Å²) in [5, 5.41) is 4.34. The van der Waals surface area contributed by atoms with Crippen molar-refractivity contribution in [2.75, 3.05) is 0 Å². The molecule has 1 heterocycles. The zero-order valence-electron chi connectivity index (χ0n) is 17.6. The van der Waals surface area contributed by atoms with Gasteiger partial charge in [-0.25, -0.2) is 4.98 Å². The minimum atomic E-state index is -0.729. The van der Waals surface area contributed by atoms with Gasteiger partial charge in [0.1, 0.15) is 0 Å².